The summed E-state index contributed by atoms with van der Waals surface area (Å²) in [7, 11) is 0. The second-order valence-electron chi connectivity index (χ2n) is 4.56. The van der Waals surface area contributed by atoms with Crippen LogP contribution in [-0.4, -0.2) is 30.9 Å². The number of carbonyl (C=O) groups excluding carboxylic acids is 2. The summed E-state index contributed by atoms with van der Waals surface area (Å²) < 4.78 is 0. The van der Waals surface area contributed by atoms with Crippen LogP contribution in [0.1, 0.15) is 18.9 Å². The predicted octanol–water partition coefficient (Wildman–Crippen LogP) is 0.666. The standard InChI is InChI=1S/C14H19N3O2/c1-2-10-5-3-4-6-11(10)17-13(18)9-12-14(19)16-8-7-15-12/h3-6,12,15H,2,7-9H2,1H3,(H,16,19)(H,17,18)/t12-/m0/s1. The van der Waals surface area contributed by atoms with E-state index in [4.69, 9.17) is 0 Å². The van der Waals surface area contributed by atoms with Gasteiger partial charge in [0.2, 0.25) is 11.8 Å². The molecule has 1 heterocycles. The molecule has 5 heteroatoms. The van der Waals surface area contributed by atoms with Gasteiger partial charge in [0.1, 0.15) is 0 Å². The number of benzene rings is 1. The summed E-state index contributed by atoms with van der Waals surface area (Å²) in [5.74, 6) is -0.249. The molecule has 19 heavy (non-hydrogen) atoms. The molecule has 0 aromatic heterocycles. The molecule has 1 aromatic carbocycles. The highest BCUT2D eigenvalue weighted by atomic mass is 16.2. The van der Waals surface area contributed by atoms with Crippen LogP contribution in [0.2, 0.25) is 0 Å². The molecule has 3 N–H and O–H groups in total. The molecule has 0 radical (unpaired) electrons. The minimum Gasteiger partial charge on any atom is -0.353 e. The highest BCUT2D eigenvalue weighted by Gasteiger charge is 2.24. The zero-order chi connectivity index (χ0) is 13.7. The number of para-hydroxylation sites is 1. The zero-order valence-corrected chi connectivity index (χ0v) is 11.0. The van der Waals surface area contributed by atoms with Gasteiger partial charge >= 0.3 is 0 Å². The summed E-state index contributed by atoms with van der Waals surface area (Å²) in [6.07, 6.45) is 1.02. The van der Waals surface area contributed by atoms with Crippen molar-refractivity contribution in [3.8, 4) is 0 Å². The summed E-state index contributed by atoms with van der Waals surface area (Å²) >= 11 is 0. The van der Waals surface area contributed by atoms with E-state index in [2.05, 4.69) is 16.0 Å². The Morgan fingerprint density at radius 2 is 2.16 bits per heavy atom. The van der Waals surface area contributed by atoms with Crippen LogP contribution in [0, 0.1) is 0 Å². The largest absolute Gasteiger partial charge is 0.353 e. The number of rotatable bonds is 4. The quantitative estimate of drug-likeness (QED) is 0.746. The van der Waals surface area contributed by atoms with E-state index in [9.17, 15) is 9.59 Å². The minimum atomic E-state index is -0.428. The Bertz CT molecular complexity index is 474. The van der Waals surface area contributed by atoms with Crippen LogP contribution < -0.4 is 16.0 Å². The average Bonchev–Trinajstić information content (AvgIpc) is 2.42. The molecule has 2 rings (SSSR count). The summed E-state index contributed by atoms with van der Waals surface area (Å²) in [5.41, 5.74) is 1.92. The van der Waals surface area contributed by atoms with Gasteiger partial charge in [-0.1, -0.05) is 25.1 Å². The molecule has 1 aliphatic rings. The van der Waals surface area contributed by atoms with E-state index >= 15 is 0 Å². The van der Waals surface area contributed by atoms with Crippen LogP contribution in [0.25, 0.3) is 0 Å². The first-order chi connectivity index (χ1) is 9.20. The second-order valence-corrected chi connectivity index (χ2v) is 4.56. The lowest BCUT2D eigenvalue weighted by atomic mass is 10.1. The third-order valence-corrected chi connectivity index (χ3v) is 3.19. The van der Waals surface area contributed by atoms with Crippen LogP contribution in [0.15, 0.2) is 24.3 Å². The summed E-state index contributed by atoms with van der Waals surface area (Å²) in [6.45, 7) is 3.37. The Balaban J connectivity index is 1.95. The molecule has 0 bridgehead atoms. The fourth-order valence-electron chi connectivity index (χ4n) is 2.15. The molecule has 0 aliphatic carbocycles. The van der Waals surface area contributed by atoms with Gasteiger partial charge in [0.05, 0.1) is 12.5 Å². The molecule has 1 aliphatic heterocycles. The van der Waals surface area contributed by atoms with Crippen molar-refractivity contribution in [2.24, 2.45) is 0 Å². The molecule has 0 unspecified atom stereocenters. The van der Waals surface area contributed by atoms with E-state index in [-0.39, 0.29) is 18.2 Å². The maximum atomic E-state index is 12.0. The van der Waals surface area contributed by atoms with Crippen molar-refractivity contribution in [3.63, 3.8) is 0 Å². The van der Waals surface area contributed by atoms with Crippen LogP contribution in [-0.2, 0) is 16.0 Å². The molecular weight excluding hydrogens is 242 g/mol. The van der Waals surface area contributed by atoms with Crippen molar-refractivity contribution in [2.75, 3.05) is 18.4 Å². The first kappa shape index (κ1) is 13.5. The van der Waals surface area contributed by atoms with E-state index < -0.39 is 6.04 Å². The molecule has 102 valence electrons. The molecule has 1 fully saturated rings. The first-order valence-corrected chi connectivity index (χ1v) is 6.59. The summed E-state index contributed by atoms with van der Waals surface area (Å²) in [5, 5.41) is 8.65. The van der Waals surface area contributed by atoms with Crippen LogP contribution in [0.5, 0.6) is 0 Å². The van der Waals surface area contributed by atoms with Crippen LogP contribution in [0.3, 0.4) is 0 Å². The van der Waals surface area contributed by atoms with Crippen molar-refractivity contribution in [1.29, 1.82) is 0 Å². The SMILES string of the molecule is CCc1ccccc1NC(=O)C[C@@H]1NCCNC1=O. The first-order valence-electron chi connectivity index (χ1n) is 6.59. The summed E-state index contributed by atoms with van der Waals surface area (Å²) in [6, 6.07) is 7.28. The van der Waals surface area contributed by atoms with Gasteiger partial charge in [-0.05, 0) is 18.1 Å². The van der Waals surface area contributed by atoms with Gasteiger partial charge in [0, 0.05) is 18.8 Å². The third-order valence-electron chi connectivity index (χ3n) is 3.19. The molecule has 5 nitrogen and oxygen atoms in total. The lowest BCUT2D eigenvalue weighted by Crippen LogP contribution is -2.53. The van der Waals surface area contributed by atoms with Gasteiger partial charge in [-0.25, -0.2) is 0 Å². The molecule has 2 amide bonds. The van der Waals surface area contributed by atoms with Gasteiger partial charge in [-0.3, -0.25) is 9.59 Å². The molecule has 1 saturated heterocycles. The molecule has 0 spiro atoms. The van der Waals surface area contributed by atoms with Crippen molar-refractivity contribution < 1.29 is 9.59 Å². The third kappa shape index (κ3) is 3.54. The van der Waals surface area contributed by atoms with Crippen molar-refractivity contribution >= 4 is 17.5 Å². The Labute approximate surface area is 112 Å². The average molecular weight is 261 g/mol. The Kier molecular flexibility index (Phi) is 4.52. The number of nitrogens with one attached hydrogen (secondary N) is 3. The van der Waals surface area contributed by atoms with Gasteiger partial charge in [0.25, 0.3) is 0 Å². The van der Waals surface area contributed by atoms with E-state index in [1.165, 1.54) is 0 Å². The minimum absolute atomic E-state index is 0.106. The van der Waals surface area contributed by atoms with Crippen molar-refractivity contribution in [2.45, 2.75) is 25.8 Å². The van der Waals surface area contributed by atoms with Crippen molar-refractivity contribution in [1.82, 2.24) is 10.6 Å². The Morgan fingerprint density at radius 3 is 2.89 bits per heavy atom. The van der Waals surface area contributed by atoms with E-state index in [1.54, 1.807) is 0 Å². The normalized spacial score (nSPS) is 18.8. The smallest absolute Gasteiger partial charge is 0.237 e. The van der Waals surface area contributed by atoms with Gasteiger partial charge in [-0.2, -0.15) is 0 Å². The summed E-state index contributed by atoms with van der Waals surface area (Å²) in [4.78, 5) is 23.5. The monoisotopic (exact) mass is 261 g/mol. The number of aryl methyl sites for hydroxylation is 1. The molecular formula is C14H19N3O2. The Morgan fingerprint density at radius 1 is 1.37 bits per heavy atom. The fourth-order valence-corrected chi connectivity index (χ4v) is 2.15. The van der Waals surface area contributed by atoms with Gasteiger partial charge in [0.15, 0.2) is 0 Å². The predicted molar refractivity (Wildman–Crippen MR) is 73.9 cm³/mol. The lowest BCUT2D eigenvalue weighted by Gasteiger charge is -2.23. The maximum Gasteiger partial charge on any atom is 0.237 e. The lowest BCUT2D eigenvalue weighted by molar-refractivity contribution is -0.127. The fraction of sp³-hybridized carbons (Fsp3) is 0.429. The van der Waals surface area contributed by atoms with Gasteiger partial charge < -0.3 is 16.0 Å². The van der Waals surface area contributed by atoms with Crippen molar-refractivity contribution in [3.05, 3.63) is 29.8 Å². The Hall–Kier alpha value is -1.88. The molecule has 1 aromatic rings. The second kappa shape index (κ2) is 6.33. The number of amides is 2. The number of carbonyl (C=O) groups is 2. The zero-order valence-electron chi connectivity index (χ0n) is 11.0. The van der Waals surface area contributed by atoms with E-state index in [1.807, 2.05) is 31.2 Å². The number of hydrogen-bond donors (Lipinski definition) is 3. The number of hydrogen-bond acceptors (Lipinski definition) is 3. The maximum absolute atomic E-state index is 12.0. The van der Waals surface area contributed by atoms with Gasteiger partial charge in [-0.15, -0.1) is 0 Å². The number of piperazine rings is 1. The highest BCUT2D eigenvalue weighted by Crippen LogP contribution is 2.15. The number of anilines is 1. The molecule has 0 saturated carbocycles. The van der Waals surface area contributed by atoms with E-state index in [0.717, 1.165) is 17.7 Å². The van der Waals surface area contributed by atoms with Crippen LogP contribution >= 0.6 is 0 Å². The highest BCUT2D eigenvalue weighted by molar-refractivity contribution is 5.96. The topological polar surface area (TPSA) is 70.2 Å². The van der Waals surface area contributed by atoms with E-state index in [0.29, 0.717) is 13.1 Å². The van der Waals surface area contributed by atoms with Crippen LogP contribution in [0.4, 0.5) is 5.69 Å². The molecule has 1 atom stereocenters.